The summed E-state index contributed by atoms with van der Waals surface area (Å²) in [4.78, 5) is 10.6. The summed E-state index contributed by atoms with van der Waals surface area (Å²) < 4.78 is 6.02. The molecule has 0 saturated heterocycles. The molecule has 0 aromatic heterocycles. The molecule has 0 bridgehead atoms. The summed E-state index contributed by atoms with van der Waals surface area (Å²) in [5.41, 5.74) is 6.01. The van der Waals surface area contributed by atoms with Crippen LogP contribution in [0.1, 0.15) is 106 Å². The number of benzene rings is 2. The summed E-state index contributed by atoms with van der Waals surface area (Å²) >= 11 is 0. The normalized spacial score (nSPS) is 15.0. The number of ether oxygens (including phenoxy) is 1. The molecule has 0 aliphatic heterocycles. The Hall–Kier alpha value is -2.33. The van der Waals surface area contributed by atoms with Gasteiger partial charge in [0, 0.05) is 11.8 Å². The van der Waals surface area contributed by atoms with E-state index in [4.69, 9.17) is 9.84 Å². The van der Waals surface area contributed by atoms with Gasteiger partial charge in [0.15, 0.2) is 0 Å². The molecule has 1 saturated carbocycles. The van der Waals surface area contributed by atoms with Crippen LogP contribution in [0.4, 0.5) is 0 Å². The molecule has 0 amide bonds. The maximum absolute atomic E-state index is 10.6. The zero-order chi connectivity index (χ0) is 25.5. The summed E-state index contributed by atoms with van der Waals surface area (Å²) in [6, 6.07) is 13.5. The molecule has 0 atom stereocenters. The molecule has 4 nitrogen and oxygen atoms in total. The van der Waals surface area contributed by atoms with Gasteiger partial charge in [-0.3, -0.25) is 4.79 Å². The van der Waals surface area contributed by atoms with Crippen LogP contribution in [0.2, 0.25) is 0 Å². The molecule has 2 aromatic carbocycles. The third kappa shape index (κ3) is 6.67. The molecule has 0 heterocycles. The van der Waals surface area contributed by atoms with Crippen molar-refractivity contribution in [3.05, 3.63) is 64.2 Å². The zero-order valence-corrected chi connectivity index (χ0v) is 22.2. The van der Waals surface area contributed by atoms with Gasteiger partial charge in [0.25, 0.3) is 0 Å². The number of rotatable bonds is 14. The minimum atomic E-state index is -0.732. The number of hydrogen-bond donors (Lipinski definition) is 2. The number of hydrogen-bond acceptors (Lipinski definition) is 3. The van der Waals surface area contributed by atoms with Crippen molar-refractivity contribution in [1.82, 2.24) is 0 Å². The molecule has 0 spiro atoms. The highest BCUT2D eigenvalue weighted by atomic mass is 16.5. The molecule has 1 fully saturated rings. The predicted molar refractivity (Wildman–Crippen MR) is 142 cm³/mol. The number of aliphatic carboxylic acids is 1. The van der Waals surface area contributed by atoms with Gasteiger partial charge in [-0.25, -0.2) is 0 Å². The summed E-state index contributed by atoms with van der Waals surface area (Å²) in [6.45, 7) is 9.48. The molecule has 4 heteroatoms. The Kier molecular flexibility index (Phi) is 9.40. The molecular weight excluding hydrogens is 436 g/mol. The Morgan fingerprint density at radius 1 is 0.971 bits per heavy atom. The first-order chi connectivity index (χ1) is 16.7. The van der Waals surface area contributed by atoms with Gasteiger partial charge in [-0.1, -0.05) is 44.2 Å². The molecule has 1 aliphatic carbocycles. The van der Waals surface area contributed by atoms with Gasteiger partial charge in [0.1, 0.15) is 5.75 Å². The SMILES string of the molecule is CCC(CC)(c1ccc(CCC2(O)CCC2)c(C)c1)c1ccc(OCCCCCC(=O)O)c(C)c1. The fraction of sp³-hybridized carbons (Fsp3) is 0.581. The predicted octanol–water partition coefficient (Wildman–Crippen LogP) is 7.28. The van der Waals surface area contributed by atoms with E-state index in [-0.39, 0.29) is 11.8 Å². The molecule has 3 rings (SSSR count). The van der Waals surface area contributed by atoms with Crippen molar-refractivity contribution in [1.29, 1.82) is 0 Å². The van der Waals surface area contributed by atoms with E-state index < -0.39 is 11.6 Å². The van der Waals surface area contributed by atoms with Crippen LogP contribution in [0.3, 0.4) is 0 Å². The molecule has 192 valence electrons. The highest BCUT2D eigenvalue weighted by molar-refractivity contribution is 5.66. The second kappa shape index (κ2) is 12.1. The lowest BCUT2D eigenvalue weighted by Crippen LogP contribution is -2.37. The average Bonchev–Trinajstić information content (AvgIpc) is 2.81. The first-order valence-corrected chi connectivity index (χ1v) is 13.5. The quantitative estimate of drug-likeness (QED) is 0.279. The monoisotopic (exact) mass is 480 g/mol. The fourth-order valence-corrected chi connectivity index (χ4v) is 5.56. The lowest BCUT2D eigenvalue weighted by molar-refractivity contribution is -0.137. The topological polar surface area (TPSA) is 66.8 Å². The van der Waals surface area contributed by atoms with Crippen LogP contribution >= 0.6 is 0 Å². The van der Waals surface area contributed by atoms with Crippen LogP contribution in [-0.4, -0.2) is 28.4 Å². The maximum atomic E-state index is 10.6. The summed E-state index contributed by atoms with van der Waals surface area (Å²) in [6.07, 6.45) is 9.55. The largest absolute Gasteiger partial charge is 0.493 e. The summed E-state index contributed by atoms with van der Waals surface area (Å²) in [5.74, 6) is 0.179. The number of aryl methyl sites for hydroxylation is 3. The standard InChI is InChI=1S/C31H44O4/c1-5-31(6-2,26-13-12-25(23(3)21-26)16-19-30(34)17-10-18-30)27-14-15-28(24(4)22-27)35-20-9-7-8-11-29(32)33/h12-15,21-22,34H,5-11,16-20H2,1-4H3,(H,32,33). The van der Waals surface area contributed by atoms with Gasteiger partial charge in [-0.15, -0.1) is 0 Å². The smallest absolute Gasteiger partial charge is 0.303 e. The zero-order valence-electron chi connectivity index (χ0n) is 22.2. The van der Waals surface area contributed by atoms with Crippen molar-refractivity contribution in [2.24, 2.45) is 0 Å². The Bertz CT molecular complexity index is 985. The molecular formula is C31H44O4. The van der Waals surface area contributed by atoms with Crippen molar-refractivity contribution in [2.75, 3.05) is 6.61 Å². The second-order valence-electron chi connectivity index (χ2n) is 10.5. The van der Waals surface area contributed by atoms with Crippen LogP contribution in [0.25, 0.3) is 0 Å². The van der Waals surface area contributed by atoms with Crippen LogP contribution in [0, 0.1) is 13.8 Å². The average molecular weight is 481 g/mol. The van der Waals surface area contributed by atoms with Crippen molar-refractivity contribution >= 4 is 5.97 Å². The van der Waals surface area contributed by atoms with E-state index in [1.807, 2.05) is 0 Å². The van der Waals surface area contributed by atoms with Crippen LogP contribution < -0.4 is 4.74 Å². The van der Waals surface area contributed by atoms with E-state index in [2.05, 4.69) is 64.1 Å². The van der Waals surface area contributed by atoms with Crippen molar-refractivity contribution in [2.45, 2.75) is 109 Å². The van der Waals surface area contributed by atoms with Gasteiger partial charge in [-0.2, -0.15) is 0 Å². The van der Waals surface area contributed by atoms with Crippen molar-refractivity contribution < 1.29 is 19.7 Å². The molecule has 0 unspecified atom stereocenters. The first kappa shape index (κ1) is 27.3. The third-order valence-electron chi connectivity index (χ3n) is 8.27. The summed E-state index contributed by atoms with van der Waals surface area (Å²) in [5, 5.41) is 19.3. The van der Waals surface area contributed by atoms with E-state index in [1.54, 1.807) is 0 Å². The van der Waals surface area contributed by atoms with Crippen molar-refractivity contribution in [3.63, 3.8) is 0 Å². The van der Waals surface area contributed by atoms with Crippen molar-refractivity contribution in [3.8, 4) is 5.75 Å². The van der Waals surface area contributed by atoms with Crippen LogP contribution in [0.5, 0.6) is 5.75 Å². The Morgan fingerprint density at radius 2 is 1.63 bits per heavy atom. The van der Waals surface area contributed by atoms with Crippen LogP contribution in [0.15, 0.2) is 36.4 Å². The fourth-order valence-electron chi connectivity index (χ4n) is 5.56. The minimum absolute atomic E-state index is 0.0460. The van der Waals surface area contributed by atoms with E-state index in [9.17, 15) is 9.90 Å². The lowest BCUT2D eigenvalue weighted by Gasteiger charge is -2.37. The highest BCUT2D eigenvalue weighted by Gasteiger charge is 2.34. The number of carbonyl (C=O) groups is 1. The molecule has 0 radical (unpaired) electrons. The van der Waals surface area contributed by atoms with Crippen LogP contribution in [-0.2, 0) is 16.6 Å². The van der Waals surface area contributed by atoms with Gasteiger partial charge < -0.3 is 14.9 Å². The molecule has 1 aliphatic rings. The van der Waals surface area contributed by atoms with Gasteiger partial charge in [-0.05, 0) is 112 Å². The number of unbranched alkanes of at least 4 members (excludes halogenated alkanes) is 2. The lowest BCUT2D eigenvalue weighted by atomic mass is 9.69. The molecule has 2 N–H and O–H groups in total. The third-order valence-corrected chi connectivity index (χ3v) is 8.27. The van der Waals surface area contributed by atoms with E-state index in [0.29, 0.717) is 13.0 Å². The first-order valence-electron chi connectivity index (χ1n) is 13.5. The molecule has 2 aromatic rings. The Balaban J connectivity index is 1.71. The summed E-state index contributed by atoms with van der Waals surface area (Å²) in [7, 11) is 0. The van der Waals surface area contributed by atoms with Gasteiger partial charge in [0.2, 0.25) is 0 Å². The Labute approximate surface area is 211 Å². The van der Waals surface area contributed by atoms with E-state index >= 15 is 0 Å². The number of carboxylic acids is 1. The van der Waals surface area contributed by atoms with Gasteiger partial charge in [0.05, 0.1) is 12.2 Å². The number of carboxylic acid groups (broad SMARTS) is 1. The van der Waals surface area contributed by atoms with E-state index in [1.165, 1.54) is 22.3 Å². The highest BCUT2D eigenvalue weighted by Crippen LogP contribution is 2.41. The Morgan fingerprint density at radius 3 is 2.17 bits per heavy atom. The van der Waals surface area contributed by atoms with E-state index in [0.717, 1.165) is 69.1 Å². The minimum Gasteiger partial charge on any atom is -0.493 e. The number of aliphatic hydroxyl groups is 1. The molecule has 35 heavy (non-hydrogen) atoms. The second-order valence-corrected chi connectivity index (χ2v) is 10.5. The maximum Gasteiger partial charge on any atom is 0.303 e. The van der Waals surface area contributed by atoms with Gasteiger partial charge >= 0.3 is 5.97 Å².